The van der Waals surface area contributed by atoms with Crippen LogP contribution in [-0.4, -0.2) is 11.7 Å². The molecular formula is C12H25NOS. The second-order valence-electron chi connectivity index (χ2n) is 4.12. The summed E-state index contributed by atoms with van der Waals surface area (Å²) < 4.78 is 0. The number of primary amides is 1. The molecule has 0 unspecified atom stereocenters. The standard InChI is InChI=1S/C12H25NOS/c13-12(14)10-8-6-4-2-1-3-5-7-9-11-15/h15H,1-11H2,(H2,13,14). The molecule has 90 valence electrons. The molecule has 2 nitrogen and oxygen atoms in total. The normalized spacial score (nSPS) is 10.5. The van der Waals surface area contributed by atoms with Crippen molar-refractivity contribution in [2.24, 2.45) is 5.73 Å². The predicted molar refractivity (Wildman–Crippen MR) is 69.2 cm³/mol. The largest absolute Gasteiger partial charge is 0.370 e. The zero-order valence-electron chi connectivity index (χ0n) is 9.71. The van der Waals surface area contributed by atoms with Crippen LogP contribution in [0.1, 0.15) is 64.2 Å². The van der Waals surface area contributed by atoms with Crippen molar-refractivity contribution in [2.45, 2.75) is 64.2 Å². The molecule has 0 saturated carbocycles. The SMILES string of the molecule is NC(=O)CCCCCCCCCCCS. The Labute approximate surface area is 99.4 Å². The van der Waals surface area contributed by atoms with E-state index in [-0.39, 0.29) is 5.91 Å². The van der Waals surface area contributed by atoms with Crippen LogP contribution in [0.25, 0.3) is 0 Å². The third-order valence-electron chi connectivity index (χ3n) is 2.58. The third-order valence-corrected chi connectivity index (χ3v) is 2.90. The van der Waals surface area contributed by atoms with E-state index < -0.39 is 0 Å². The van der Waals surface area contributed by atoms with E-state index in [4.69, 9.17) is 5.73 Å². The second kappa shape index (κ2) is 11.9. The lowest BCUT2D eigenvalue weighted by Crippen LogP contribution is -2.09. The number of amides is 1. The Morgan fingerprint density at radius 2 is 1.20 bits per heavy atom. The third kappa shape index (κ3) is 13.8. The Hall–Kier alpha value is -0.180. The van der Waals surface area contributed by atoms with Gasteiger partial charge in [-0.2, -0.15) is 12.6 Å². The Bertz CT molecular complexity index is 151. The highest BCUT2D eigenvalue weighted by Gasteiger charge is 1.95. The molecule has 0 fully saturated rings. The average molecular weight is 231 g/mol. The molecule has 0 aromatic carbocycles. The maximum absolute atomic E-state index is 10.5. The smallest absolute Gasteiger partial charge is 0.217 e. The lowest BCUT2D eigenvalue weighted by atomic mass is 10.1. The second-order valence-corrected chi connectivity index (χ2v) is 4.57. The van der Waals surface area contributed by atoms with Crippen LogP contribution in [0.4, 0.5) is 0 Å². The molecule has 0 radical (unpaired) electrons. The van der Waals surface area contributed by atoms with Gasteiger partial charge in [0.05, 0.1) is 0 Å². The Balaban J connectivity index is 2.89. The van der Waals surface area contributed by atoms with Crippen LogP contribution < -0.4 is 5.73 Å². The summed E-state index contributed by atoms with van der Waals surface area (Å²) in [6.07, 6.45) is 11.8. The van der Waals surface area contributed by atoms with Gasteiger partial charge >= 0.3 is 0 Å². The fraction of sp³-hybridized carbons (Fsp3) is 0.917. The fourth-order valence-electron chi connectivity index (χ4n) is 1.65. The molecular weight excluding hydrogens is 206 g/mol. The number of carbonyl (C=O) groups excluding carboxylic acids is 1. The van der Waals surface area contributed by atoms with E-state index in [1.54, 1.807) is 0 Å². The zero-order valence-corrected chi connectivity index (χ0v) is 10.6. The Kier molecular flexibility index (Phi) is 11.7. The molecule has 2 N–H and O–H groups in total. The highest BCUT2D eigenvalue weighted by molar-refractivity contribution is 7.80. The van der Waals surface area contributed by atoms with E-state index >= 15 is 0 Å². The van der Waals surface area contributed by atoms with Crippen LogP contribution in [0.3, 0.4) is 0 Å². The average Bonchev–Trinajstić information content (AvgIpc) is 2.20. The molecule has 15 heavy (non-hydrogen) atoms. The molecule has 0 aromatic rings. The predicted octanol–water partition coefficient (Wildman–Crippen LogP) is 3.30. The van der Waals surface area contributed by atoms with Crippen molar-refractivity contribution in [3.05, 3.63) is 0 Å². The molecule has 0 heterocycles. The number of hydrogen-bond donors (Lipinski definition) is 2. The molecule has 0 atom stereocenters. The maximum atomic E-state index is 10.5. The van der Waals surface area contributed by atoms with E-state index in [9.17, 15) is 4.79 Å². The van der Waals surface area contributed by atoms with Gasteiger partial charge in [-0.1, -0.05) is 44.9 Å². The van der Waals surface area contributed by atoms with E-state index in [0.29, 0.717) is 6.42 Å². The van der Waals surface area contributed by atoms with Crippen LogP contribution in [0, 0.1) is 0 Å². The van der Waals surface area contributed by atoms with Gasteiger partial charge in [-0.05, 0) is 18.6 Å². The number of carbonyl (C=O) groups is 1. The number of hydrogen-bond acceptors (Lipinski definition) is 2. The Morgan fingerprint density at radius 3 is 1.60 bits per heavy atom. The van der Waals surface area contributed by atoms with Gasteiger partial charge in [-0.15, -0.1) is 0 Å². The van der Waals surface area contributed by atoms with Gasteiger partial charge < -0.3 is 5.73 Å². The number of unbranched alkanes of at least 4 members (excludes halogenated alkanes) is 8. The summed E-state index contributed by atoms with van der Waals surface area (Å²) in [7, 11) is 0. The first-order valence-electron chi connectivity index (χ1n) is 6.16. The van der Waals surface area contributed by atoms with E-state index in [1.165, 1.54) is 44.9 Å². The van der Waals surface area contributed by atoms with Gasteiger partial charge in [-0.3, -0.25) is 4.79 Å². The summed E-state index contributed by atoms with van der Waals surface area (Å²) in [5.74, 6) is 0.856. The highest BCUT2D eigenvalue weighted by atomic mass is 32.1. The zero-order chi connectivity index (χ0) is 11.4. The monoisotopic (exact) mass is 231 g/mol. The van der Waals surface area contributed by atoms with Crippen molar-refractivity contribution < 1.29 is 4.79 Å². The van der Waals surface area contributed by atoms with Gasteiger partial charge in [0, 0.05) is 6.42 Å². The quantitative estimate of drug-likeness (QED) is 0.416. The summed E-state index contributed by atoms with van der Waals surface area (Å²) in [5.41, 5.74) is 5.06. The van der Waals surface area contributed by atoms with E-state index in [2.05, 4.69) is 12.6 Å². The molecule has 0 aromatic heterocycles. The Morgan fingerprint density at radius 1 is 0.800 bits per heavy atom. The summed E-state index contributed by atoms with van der Waals surface area (Å²) in [6.45, 7) is 0. The number of thiol groups is 1. The lowest BCUT2D eigenvalue weighted by molar-refractivity contribution is -0.118. The van der Waals surface area contributed by atoms with Crippen LogP contribution in [0.5, 0.6) is 0 Å². The minimum absolute atomic E-state index is 0.165. The van der Waals surface area contributed by atoms with Crippen molar-refractivity contribution in [2.75, 3.05) is 5.75 Å². The minimum atomic E-state index is -0.165. The number of rotatable bonds is 11. The molecule has 0 spiro atoms. The topological polar surface area (TPSA) is 43.1 Å². The molecule has 1 amide bonds. The van der Waals surface area contributed by atoms with Crippen LogP contribution in [0.15, 0.2) is 0 Å². The molecule has 0 aliphatic heterocycles. The lowest BCUT2D eigenvalue weighted by Gasteiger charge is -2.01. The van der Waals surface area contributed by atoms with Gasteiger partial charge in [-0.25, -0.2) is 0 Å². The van der Waals surface area contributed by atoms with Crippen LogP contribution in [-0.2, 0) is 4.79 Å². The summed E-state index contributed by atoms with van der Waals surface area (Å²) in [6, 6.07) is 0. The summed E-state index contributed by atoms with van der Waals surface area (Å²) >= 11 is 4.18. The molecule has 3 heteroatoms. The van der Waals surface area contributed by atoms with E-state index in [0.717, 1.165) is 18.6 Å². The molecule has 0 aliphatic rings. The van der Waals surface area contributed by atoms with Gasteiger partial charge in [0.15, 0.2) is 0 Å². The van der Waals surface area contributed by atoms with Gasteiger partial charge in [0.25, 0.3) is 0 Å². The van der Waals surface area contributed by atoms with Crippen molar-refractivity contribution in [1.29, 1.82) is 0 Å². The molecule has 0 rings (SSSR count). The van der Waals surface area contributed by atoms with Crippen molar-refractivity contribution in [3.63, 3.8) is 0 Å². The summed E-state index contributed by atoms with van der Waals surface area (Å²) in [5, 5.41) is 0. The minimum Gasteiger partial charge on any atom is -0.370 e. The van der Waals surface area contributed by atoms with Crippen LogP contribution >= 0.6 is 12.6 Å². The van der Waals surface area contributed by atoms with Crippen molar-refractivity contribution >= 4 is 18.5 Å². The van der Waals surface area contributed by atoms with Crippen molar-refractivity contribution in [3.8, 4) is 0 Å². The number of nitrogens with two attached hydrogens (primary N) is 1. The molecule has 0 saturated heterocycles. The first kappa shape index (κ1) is 14.8. The first-order chi connectivity index (χ1) is 7.27. The molecule has 0 aliphatic carbocycles. The van der Waals surface area contributed by atoms with Crippen molar-refractivity contribution in [1.82, 2.24) is 0 Å². The van der Waals surface area contributed by atoms with Gasteiger partial charge in [0.2, 0.25) is 5.91 Å². The molecule has 0 bridgehead atoms. The summed E-state index contributed by atoms with van der Waals surface area (Å²) in [4.78, 5) is 10.5. The maximum Gasteiger partial charge on any atom is 0.217 e. The fourth-order valence-corrected chi connectivity index (χ4v) is 1.87. The van der Waals surface area contributed by atoms with Crippen LogP contribution in [0.2, 0.25) is 0 Å². The first-order valence-corrected chi connectivity index (χ1v) is 6.80. The highest BCUT2D eigenvalue weighted by Crippen LogP contribution is 2.10. The van der Waals surface area contributed by atoms with E-state index in [1.807, 2.05) is 0 Å². The van der Waals surface area contributed by atoms with Gasteiger partial charge in [0.1, 0.15) is 0 Å².